The number of aliphatic hydroxyl groups is 1. The molecule has 1 atom stereocenters. The molecular formula is C17H17BrO2. The molecule has 1 N–H and O–H groups in total. The van der Waals surface area contributed by atoms with Gasteiger partial charge in [-0.15, -0.1) is 0 Å². The Kier molecular flexibility index (Phi) is 3.57. The number of halogens is 1. The molecule has 104 valence electrons. The lowest BCUT2D eigenvalue weighted by molar-refractivity contribution is 0.102. The molecule has 0 spiro atoms. The molecule has 0 aromatic heterocycles. The maximum atomic E-state index is 10.8. The molecule has 1 unspecified atom stereocenters. The van der Waals surface area contributed by atoms with Gasteiger partial charge in [0.2, 0.25) is 0 Å². The van der Waals surface area contributed by atoms with Gasteiger partial charge in [0.25, 0.3) is 0 Å². The summed E-state index contributed by atoms with van der Waals surface area (Å²) in [6.45, 7) is 1.81. The van der Waals surface area contributed by atoms with Gasteiger partial charge in [-0.2, -0.15) is 0 Å². The van der Waals surface area contributed by atoms with Crippen LogP contribution in [0.5, 0.6) is 5.75 Å². The lowest BCUT2D eigenvalue weighted by Crippen LogP contribution is -2.22. The van der Waals surface area contributed by atoms with Crippen LogP contribution in [0.2, 0.25) is 0 Å². The third-order valence-electron chi connectivity index (χ3n) is 3.65. The summed E-state index contributed by atoms with van der Waals surface area (Å²) in [6.07, 6.45) is 2.70. The van der Waals surface area contributed by atoms with Crippen LogP contribution in [0, 0.1) is 0 Å². The molecule has 1 saturated carbocycles. The van der Waals surface area contributed by atoms with E-state index in [2.05, 4.69) is 15.9 Å². The van der Waals surface area contributed by atoms with Crippen molar-refractivity contribution in [2.75, 3.05) is 0 Å². The molecule has 1 aliphatic rings. The van der Waals surface area contributed by atoms with Crippen molar-refractivity contribution in [3.63, 3.8) is 0 Å². The van der Waals surface area contributed by atoms with Gasteiger partial charge in [0.15, 0.2) is 0 Å². The Morgan fingerprint density at radius 1 is 1.00 bits per heavy atom. The molecule has 0 heterocycles. The van der Waals surface area contributed by atoms with Crippen LogP contribution in [0.1, 0.15) is 30.9 Å². The minimum atomic E-state index is -1.00. The van der Waals surface area contributed by atoms with Gasteiger partial charge in [0, 0.05) is 4.47 Å². The molecule has 3 heteroatoms. The zero-order valence-electron chi connectivity index (χ0n) is 11.3. The molecule has 0 saturated heterocycles. The molecule has 0 radical (unpaired) electrons. The molecule has 0 aliphatic heterocycles. The first-order valence-electron chi connectivity index (χ1n) is 6.81. The van der Waals surface area contributed by atoms with Gasteiger partial charge >= 0.3 is 0 Å². The van der Waals surface area contributed by atoms with Gasteiger partial charge in [-0.3, -0.25) is 0 Å². The van der Waals surface area contributed by atoms with Crippen molar-refractivity contribution >= 4 is 15.9 Å². The molecule has 20 heavy (non-hydrogen) atoms. The summed E-state index contributed by atoms with van der Waals surface area (Å²) in [4.78, 5) is 0. The normalized spacial score (nSPS) is 17.6. The molecule has 1 fully saturated rings. The molecule has 0 bridgehead atoms. The van der Waals surface area contributed by atoms with Crippen LogP contribution in [0.4, 0.5) is 0 Å². The first-order valence-corrected chi connectivity index (χ1v) is 7.60. The lowest BCUT2D eigenvalue weighted by atomic mass is 9.88. The molecule has 2 aromatic carbocycles. The second-order valence-corrected chi connectivity index (χ2v) is 6.34. The van der Waals surface area contributed by atoms with Crippen LogP contribution < -0.4 is 4.74 Å². The number of benzene rings is 2. The summed E-state index contributed by atoms with van der Waals surface area (Å²) >= 11 is 3.41. The first-order chi connectivity index (χ1) is 9.55. The Hall–Kier alpha value is -1.32. The third-order valence-corrected chi connectivity index (χ3v) is 4.18. The average molecular weight is 333 g/mol. The fourth-order valence-corrected chi connectivity index (χ4v) is 2.44. The summed E-state index contributed by atoms with van der Waals surface area (Å²) in [5.41, 5.74) is 0.734. The van der Waals surface area contributed by atoms with E-state index in [0.717, 1.165) is 34.2 Å². The standard InChI is InChI=1S/C17H17BrO2/c1-17(19,12-2-6-14(18)7-3-12)13-4-8-15(9-5-13)20-16-10-11-16/h2-9,16,19H,10-11H2,1H3. The number of hydrogen-bond donors (Lipinski definition) is 1. The quantitative estimate of drug-likeness (QED) is 0.907. The van der Waals surface area contributed by atoms with Crippen molar-refractivity contribution < 1.29 is 9.84 Å². The van der Waals surface area contributed by atoms with E-state index in [4.69, 9.17) is 4.74 Å². The largest absolute Gasteiger partial charge is 0.490 e. The van der Waals surface area contributed by atoms with Gasteiger partial charge in [-0.05, 0) is 55.2 Å². The summed E-state index contributed by atoms with van der Waals surface area (Å²) in [5, 5.41) is 10.8. The van der Waals surface area contributed by atoms with Gasteiger partial charge in [-0.1, -0.05) is 40.2 Å². The summed E-state index contributed by atoms with van der Waals surface area (Å²) in [5.74, 6) is 0.878. The highest BCUT2D eigenvalue weighted by atomic mass is 79.9. The first kappa shape index (κ1) is 13.7. The Balaban J connectivity index is 1.83. The van der Waals surface area contributed by atoms with E-state index in [9.17, 15) is 5.11 Å². The predicted molar refractivity (Wildman–Crippen MR) is 82.9 cm³/mol. The minimum absolute atomic E-state index is 0.396. The van der Waals surface area contributed by atoms with Gasteiger partial charge in [0.05, 0.1) is 6.10 Å². The number of rotatable bonds is 4. The van der Waals surface area contributed by atoms with Crippen molar-refractivity contribution in [3.05, 3.63) is 64.1 Å². The predicted octanol–water partition coefficient (Wildman–Crippen LogP) is 4.25. The van der Waals surface area contributed by atoms with E-state index in [-0.39, 0.29) is 0 Å². The van der Waals surface area contributed by atoms with Gasteiger partial charge in [0.1, 0.15) is 11.4 Å². The highest BCUT2D eigenvalue weighted by molar-refractivity contribution is 9.10. The molecule has 1 aliphatic carbocycles. The van der Waals surface area contributed by atoms with Gasteiger partial charge in [-0.25, -0.2) is 0 Å². The van der Waals surface area contributed by atoms with Crippen molar-refractivity contribution in [3.8, 4) is 5.75 Å². The van der Waals surface area contributed by atoms with E-state index < -0.39 is 5.60 Å². The van der Waals surface area contributed by atoms with Crippen LogP contribution >= 0.6 is 15.9 Å². The molecular weight excluding hydrogens is 316 g/mol. The van der Waals surface area contributed by atoms with E-state index in [1.807, 2.05) is 55.5 Å². The van der Waals surface area contributed by atoms with Crippen molar-refractivity contribution in [2.24, 2.45) is 0 Å². The van der Waals surface area contributed by atoms with Gasteiger partial charge < -0.3 is 9.84 Å². The molecule has 2 nitrogen and oxygen atoms in total. The molecule has 0 amide bonds. The van der Waals surface area contributed by atoms with Crippen molar-refractivity contribution in [1.29, 1.82) is 0 Å². The third kappa shape index (κ3) is 2.89. The zero-order chi connectivity index (χ0) is 14.2. The maximum Gasteiger partial charge on any atom is 0.119 e. The second kappa shape index (κ2) is 5.23. The maximum absolute atomic E-state index is 10.8. The Morgan fingerprint density at radius 3 is 2.00 bits per heavy atom. The molecule has 2 aromatic rings. The SMILES string of the molecule is CC(O)(c1ccc(Br)cc1)c1ccc(OC2CC2)cc1. The van der Waals surface area contributed by atoms with Crippen LogP contribution in [0.25, 0.3) is 0 Å². The highest BCUT2D eigenvalue weighted by Gasteiger charge is 2.26. The van der Waals surface area contributed by atoms with E-state index in [0.29, 0.717) is 6.10 Å². The monoisotopic (exact) mass is 332 g/mol. The smallest absolute Gasteiger partial charge is 0.119 e. The molecule has 3 rings (SSSR count). The Morgan fingerprint density at radius 2 is 1.50 bits per heavy atom. The summed E-state index contributed by atoms with van der Waals surface area (Å²) < 4.78 is 6.73. The van der Waals surface area contributed by atoms with Crippen LogP contribution in [-0.2, 0) is 5.60 Å². The zero-order valence-corrected chi connectivity index (χ0v) is 12.9. The lowest BCUT2D eigenvalue weighted by Gasteiger charge is -2.25. The fraction of sp³-hybridized carbons (Fsp3) is 0.294. The number of ether oxygens (including phenoxy) is 1. The Bertz CT molecular complexity index is 583. The van der Waals surface area contributed by atoms with Crippen molar-refractivity contribution in [1.82, 2.24) is 0 Å². The van der Waals surface area contributed by atoms with Crippen LogP contribution in [-0.4, -0.2) is 11.2 Å². The van der Waals surface area contributed by atoms with E-state index >= 15 is 0 Å². The fourth-order valence-electron chi connectivity index (χ4n) is 2.18. The van der Waals surface area contributed by atoms with Crippen molar-refractivity contribution in [2.45, 2.75) is 31.5 Å². The number of hydrogen-bond acceptors (Lipinski definition) is 2. The minimum Gasteiger partial charge on any atom is -0.490 e. The average Bonchev–Trinajstić information content (AvgIpc) is 3.24. The van der Waals surface area contributed by atoms with Crippen LogP contribution in [0.3, 0.4) is 0 Å². The topological polar surface area (TPSA) is 29.5 Å². The van der Waals surface area contributed by atoms with E-state index in [1.54, 1.807) is 0 Å². The van der Waals surface area contributed by atoms with Crippen LogP contribution in [0.15, 0.2) is 53.0 Å². The van der Waals surface area contributed by atoms with E-state index in [1.165, 1.54) is 0 Å². The Labute approximate surface area is 127 Å². The second-order valence-electron chi connectivity index (χ2n) is 5.42. The summed E-state index contributed by atoms with van der Waals surface area (Å²) in [7, 11) is 0. The summed E-state index contributed by atoms with van der Waals surface area (Å²) in [6, 6.07) is 15.5. The highest BCUT2D eigenvalue weighted by Crippen LogP contribution is 2.32.